The van der Waals surface area contributed by atoms with Crippen molar-refractivity contribution in [1.29, 1.82) is 0 Å². The van der Waals surface area contributed by atoms with Gasteiger partial charge in [0.25, 0.3) is 0 Å². The molecule has 1 aliphatic carbocycles. The largest absolute Gasteiger partial charge is 0.482 e. The topological polar surface area (TPSA) is 55.4 Å². The number of rotatable bonds is 1. The Bertz CT molecular complexity index is 428. The number of fused-ring (bicyclic) bond motifs is 1. The van der Waals surface area contributed by atoms with E-state index in [1.807, 2.05) is 5.32 Å². The van der Waals surface area contributed by atoms with Crippen molar-refractivity contribution in [3.05, 3.63) is 23.6 Å². The van der Waals surface area contributed by atoms with Gasteiger partial charge in [0, 0.05) is 5.41 Å². The van der Waals surface area contributed by atoms with Gasteiger partial charge in [-0.25, -0.2) is 0 Å². The number of nitrogens with one attached hydrogen (secondary N) is 1. The van der Waals surface area contributed by atoms with Gasteiger partial charge >= 0.3 is 12.0 Å². The first-order chi connectivity index (χ1) is 7.36. The maximum absolute atomic E-state index is 12.9. The summed E-state index contributed by atoms with van der Waals surface area (Å²) in [4.78, 5) is 21.7. The fourth-order valence-electron chi connectivity index (χ4n) is 1.52. The van der Waals surface area contributed by atoms with Gasteiger partial charge in [0.05, 0.1) is 5.70 Å². The van der Waals surface area contributed by atoms with Crippen LogP contribution in [0.1, 0.15) is 13.3 Å². The van der Waals surface area contributed by atoms with Crippen molar-refractivity contribution in [3.8, 4) is 0 Å². The van der Waals surface area contributed by atoms with Crippen LogP contribution in [0.3, 0.4) is 0 Å². The Hall–Kier alpha value is -1.72. The summed E-state index contributed by atoms with van der Waals surface area (Å²) in [7, 11) is 0. The minimum atomic E-state index is -3.88. The predicted octanol–water partition coefficient (Wildman–Crippen LogP) is 1.10. The number of morpholine rings is 1. The van der Waals surface area contributed by atoms with Crippen LogP contribution < -0.4 is 5.32 Å². The average Bonchev–Trinajstić information content (AvgIpc) is 2.20. The molecule has 0 spiro atoms. The van der Waals surface area contributed by atoms with E-state index < -0.39 is 17.4 Å². The highest BCUT2D eigenvalue weighted by molar-refractivity contribution is 5.86. The van der Waals surface area contributed by atoms with E-state index in [0.717, 1.165) is 0 Å². The first-order valence-corrected chi connectivity index (χ1v) is 4.64. The second kappa shape index (κ2) is 3.13. The van der Waals surface area contributed by atoms with E-state index >= 15 is 0 Å². The Morgan fingerprint density at radius 2 is 2.25 bits per heavy atom. The number of hydrogen-bond acceptors (Lipinski definition) is 3. The van der Waals surface area contributed by atoms with Gasteiger partial charge in [-0.2, -0.15) is 8.78 Å². The predicted molar refractivity (Wildman–Crippen MR) is 49.1 cm³/mol. The Morgan fingerprint density at radius 1 is 1.56 bits per heavy atom. The quantitative estimate of drug-likeness (QED) is 0.685. The summed E-state index contributed by atoms with van der Waals surface area (Å²) in [5.74, 6) is -1.66. The van der Waals surface area contributed by atoms with Gasteiger partial charge in [-0.05, 0) is 19.4 Å². The SMILES string of the molecule is CC1(C=O)C=C2OC(F)(F)C(=O)NC2=CC1. The maximum Gasteiger partial charge on any atom is 0.482 e. The number of allylic oxidation sites excluding steroid dienone is 2. The molecule has 1 N–H and O–H groups in total. The monoisotopic (exact) mass is 229 g/mol. The molecule has 4 nitrogen and oxygen atoms in total. The molecular weight excluding hydrogens is 220 g/mol. The highest BCUT2D eigenvalue weighted by Gasteiger charge is 2.48. The second-order valence-corrected chi connectivity index (χ2v) is 4.03. The fraction of sp³-hybridized carbons (Fsp3) is 0.400. The Balaban J connectivity index is 2.35. The summed E-state index contributed by atoms with van der Waals surface area (Å²) in [6.07, 6.45) is -0.0976. The van der Waals surface area contributed by atoms with Crippen LogP contribution in [0.5, 0.6) is 0 Å². The highest BCUT2D eigenvalue weighted by atomic mass is 19.3. The summed E-state index contributed by atoms with van der Waals surface area (Å²) in [5, 5.41) is 2.03. The molecule has 6 heteroatoms. The van der Waals surface area contributed by atoms with Crippen LogP contribution in [-0.2, 0) is 14.3 Å². The van der Waals surface area contributed by atoms with Gasteiger partial charge < -0.3 is 14.8 Å². The molecule has 2 aliphatic rings. The molecule has 1 unspecified atom stereocenters. The van der Waals surface area contributed by atoms with Crippen molar-refractivity contribution in [2.45, 2.75) is 19.5 Å². The number of aldehydes is 1. The second-order valence-electron chi connectivity index (χ2n) is 4.03. The lowest BCUT2D eigenvalue weighted by Crippen LogP contribution is -2.48. The molecule has 1 saturated heterocycles. The molecule has 1 heterocycles. The molecule has 86 valence electrons. The van der Waals surface area contributed by atoms with Crippen molar-refractivity contribution >= 4 is 12.2 Å². The summed E-state index contributed by atoms with van der Waals surface area (Å²) >= 11 is 0. The number of ether oxygens (including phenoxy) is 1. The molecule has 0 aromatic rings. The fourth-order valence-corrected chi connectivity index (χ4v) is 1.52. The number of alkyl halides is 2. The third-order valence-electron chi connectivity index (χ3n) is 2.49. The van der Waals surface area contributed by atoms with Gasteiger partial charge in [-0.15, -0.1) is 0 Å². The summed E-state index contributed by atoms with van der Waals surface area (Å²) in [6, 6.07) is 0. The zero-order chi connectivity index (χ0) is 12.0. The lowest BCUT2D eigenvalue weighted by Gasteiger charge is -2.32. The van der Waals surface area contributed by atoms with Crippen LogP contribution in [0, 0.1) is 5.41 Å². The third kappa shape index (κ3) is 1.60. The van der Waals surface area contributed by atoms with Gasteiger partial charge in [0.2, 0.25) is 0 Å². The minimum absolute atomic E-state index is 0.162. The Morgan fingerprint density at radius 3 is 2.88 bits per heavy atom. The van der Waals surface area contributed by atoms with Crippen LogP contribution >= 0.6 is 0 Å². The first kappa shape index (κ1) is 10.8. The van der Waals surface area contributed by atoms with Gasteiger partial charge in [-0.3, -0.25) is 4.79 Å². The zero-order valence-corrected chi connectivity index (χ0v) is 8.42. The van der Waals surface area contributed by atoms with E-state index in [9.17, 15) is 18.4 Å². The summed E-state index contributed by atoms with van der Waals surface area (Å²) < 4.78 is 30.1. The van der Waals surface area contributed by atoms with Crippen LogP contribution in [0.25, 0.3) is 0 Å². The smallest absolute Gasteiger partial charge is 0.423 e. The molecular formula is C10H9F2NO3. The number of carbonyl (C=O) groups is 2. The van der Waals surface area contributed by atoms with Crippen LogP contribution in [0.2, 0.25) is 0 Å². The van der Waals surface area contributed by atoms with Crippen molar-refractivity contribution in [1.82, 2.24) is 5.32 Å². The summed E-state index contributed by atoms with van der Waals surface area (Å²) in [6.45, 7) is 1.60. The van der Waals surface area contributed by atoms with Gasteiger partial charge in [0.15, 0.2) is 0 Å². The molecule has 0 aromatic carbocycles. The molecule has 0 aromatic heterocycles. The van der Waals surface area contributed by atoms with E-state index in [-0.39, 0.29) is 11.5 Å². The average molecular weight is 229 g/mol. The highest BCUT2D eigenvalue weighted by Crippen LogP contribution is 2.36. The lowest BCUT2D eigenvalue weighted by molar-refractivity contribution is -0.219. The van der Waals surface area contributed by atoms with Crippen molar-refractivity contribution in [3.63, 3.8) is 0 Å². The molecule has 1 amide bonds. The van der Waals surface area contributed by atoms with Crippen LogP contribution in [0.4, 0.5) is 8.78 Å². The molecule has 1 aliphatic heterocycles. The standard InChI is InChI=1S/C10H9F2NO3/c1-9(5-14)3-2-6-7(4-9)16-10(11,12)8(15)13-6/h2,4-5H,3H2,1H3,(H,13,15). The van der Waals surface area contributed by atoms with Crippen molar-refractivity contribution < 1.29 is 23.1 Å². The molecule has 1 atom stereocenters. The van der Waals surface area contributed by atoms with Gasteiger partial charge in [0.1, 0.15) is 12.0 Å². The lowest BCUT2D eigenvalue weighted by atomic mass is 9.84. The Labute approximate surface area is 90.0 Å². The molecule has 2 rings (SSSR count). The number of halogens is 2. The number of amides is 1. The van der Waals surface area contributed by atoms with Crippen molar-refractivity contribution in [2.24, 2.45) is 5.41 Å². The number of hydrogen-bond donors (Lipinski definition) is 1. The van der Waals surface area contributed by atoms with E-state index in [2.05, 4.69) is 4.74 Å². The molecule has 0 bridgehead atoms. The van der Waals surface area contributed by atoms with Crippen molar-refractivity contribution in [2.75, 3.05) is 0 Å². The molecule has 0 saturated carbocycles. The maximum atomic E-state index is 12.9. The molecule has 16 heavy (non-hydrogen) atoms. The minimum Gasteiger partial charge on any atom is -0.423 e. The number of carbonyl (C=O) groups excluding carboxylic acids is 2. The van der Waals surface area contributed by atoms with E-state index in [1.54, 1.807) is 6.92 Å². The Kier molecular flexibility index (Phi) is 2.11. The first-order valence-electron chi connectivity index (χ1n) is 4.64. The molecule has 1 fully saturated rings. The van der Waals surface area contributed by atoms with Crippen LogP contribution in [0.15, 0.2) is 23.6 Å². The van der Waals surface area contributed by atoms with E-state index in [0.29, 0.717) is 12.7 Å². The van der Waals surface area contributed by atoms with Gasteiger partial charge in [-0.1, -0.05) is 6.08 Å². The van der Waals surface area contributed by atoms with E-state index in [1.165, 1.54) is 12.2 Å². The molecule has 0 radical (unpaired) electrons. The normalized spacial score (nSPS) is 31.6. The van der Waals surface area contributed by atoms with Crippen LogP contribution in [-0.4, -0.2) is 18.3 Å². The zero-order valence-electron chi connectivity index (χ0n) is 8.42. The summed E-state index contributed by atoms with van der Waals surface area (Å²) in [5.41, 5.74) is -0.674. The third-order valence-corrected chi connectivity index (χ3v) is 2.49. The van der Waals surface area contributed by atoms with E-state index in [4.69, 9.17) is 0 Å².